The van der Waals surface area contributed by atoms with Crippen LogP contribution in [0, 0.1) is 0 Å². The van der Waals surface area contributed by atoms with E-state index in [1.165, 1.54) is 31.4 Å². The molecule has 0 unspecified atom stereocenters. The Hall–Kier alpha value is -2.81. The quantitative estimate of drug-likeness (QED) is 0.515. The molecular weight excluding hydrogens is 380 g/mol. The number of anilines is 1. The molecule has 0 spiro atoms. The number of carbonyl (C=O) groups excluding carboxylic acids is 2. The van der Waals surface area contributed by atoms with Gasteiger partial charge in [-0.1, -0.05) is 11.8 Å². The van der Waals surface area contributed by atoms with E-state index in [-0.39, 0.29) is 6.61 Å². The van der Waals surface area contributed by atoms with Crippen LogP contribution in [-0.2, 0) is 14.3 Å². The number of hydrogen-bond acceptors (Lipinski definition) is 6. The van der Waals surface area contributed by atoms with Crippen molar-refractivity contribution in [3.8, 4) is 11.5 Å². The summed E-state index contributed by atoms with van der Waals surface area (Å²) in [4.78, 5) is 23.8. The molecule has 0 aliphatic carbocycles. The van der Waals surface area contributed by atoms with Crippen LogP contribution in [0.3, 0.4) is 0 Å². The number of methoxy groups -OCH3 is 1. The van der Waals surface area contributed by atoms with Gasteiger partial charge in [0.15, 0.2) is 13.2 Å². The average Bonchev–Trinajstić information content (AvgIpc) is 2.66. The van der Waals surface area contributed by atoms with Crippen LogP contribution in [0.2, 0.25) is 0 Å². The second-order valence-electron chi connectivity index (χ2n) is 5.08. The van der Waals surface area contributed by atoms with Crippen molar-refractivity contribution in [1.29, 1.82) is 0 Å². The van der Waals surface area contributed by atoms with E-state index < -0.39 is 24.2 Å². The number of rotatable bonds is 9. The third-order valence-corrected chi connectivity index (χ3v) is 3.87. The van der Waals surface area contributed by atoms with E-state index in [0.29, 0.717) is 33.8 Å². The van der Waals surface area contributed by atoms with Gasteiger partial charge in [0.25, 0.3) is 11.7 Å². The maximum absolute atomic E-state index is 12.2. The van der Waals surface area contributed by atoms with E-state index in [1.54, 1.807) is 24.3 Å². The van der Waals surface area contributed by atoms with Crippen molar-refractivity contribution < 1.29 is 32.6 Å². The molecule has 2 aromatic rings. The van der Waals surface area contributed by atoms with Gasteiger partial charge in [-0.25, -0.2) is 4.79 Å². The Kier molecular flexibility index (Phi) is 7.87. The van der Waals surface area contributed by atoms with Crippen LogP contribution in [0.25, 0.3) is 0 Å². The van der Waals surface area contributed by atoms with Crippen molar-refractivity contribution in [2.75, 3.05) is 25.6 Å². The molecule has 0 saturated carbocycles. The summed E-state index contributed by atoms with van der Waals surface area (Å²) in [6.07, 6.45) is 0. The lowest BCUT2D eigenvalue weighted by Crippen LogP contribution is -2.23. The Bertz CT molecular complexity index is 753. The largest absolute Gasteiger partial charge is 0.497 e. The van der Waals surface area contributed by atoms with Crippen LogP contribution in [0.4, 0.5) is 14.5 Å². The van der Waals surface area contributed by atoms with Crippen LogP contribution in [0.1, 0.15) is 0 Å². The lowest BCUT2D eigenvalue weighted by molar-refractivity contribution is -0.149. The molecule has 144 valence electrons. The second-order valence-corrected chi connectivity index (χ2v) is 6.14. The molecule has 0 heterocycles. The first-order valence-corrected chi connectivity index (χ1v) is 8.61. The molecule has 1 amide bonds. The van der Waals surface area contributed by atoms with Gasteiger partial charge in [0.2, 0.25) is 0 Å². The van der Waals surface area contributed by atoms with Crippen molar-refractivity contribution in [2.24, 2.45) is 0 Å². The maximum atomic E-state index is 12.2. The zero-order valence-electron chi connectivity index (χ0n) is 14.3. The molecule has 2 aromatic carbocycles. The van der Waals surface area contributed by atoms with Crippen LogP contribution in [0.5, 0.6) is 11.5 Å². The summed E-state index contributed by atoms with van der Waals surface area (Å²) < 4.78 is 39.5. The lowest BCUT2D eigenvalue weighted by atomic mass is 10.3. The molecule has 0 radical (unpaired) electrons. The zero-order chi connectivity index (χ0) is 19.6. The Labute approximate surface area is 158 Å². The number of ether oxygens (including phenoxy) is 3. The first-order valence-electron chi connectivity index (χ1n) is 7.73. The Balaban J connectivity index is 1.70. The van der Waals surface area contributed by atoms with Gasteiger partial charge in [0.05, 0.1) is 7.11 Å². The summed E-state index contributed by atoms with van der Waals surface area (Å²) in [5.41, 5.74) is 0.407. The third kappa shape index (κ3) is 7.53. The maximum Gasteiger partial charge on any atom is 0.344 e. The van der Waals surface area contributed by atoms with Crippen LogP contribution in [-0.4, -0.2) is 38.0 Å². The molecule has 2 rings (SSSR count). The molecule has 0 aliphatic rings. The first-order chi connectivity index (χ1) is 13.0. The SMILES string of the molecule is COc1ccc(OCC(=O)OCC(=O)Nc2ccc(SC(F)F)cc2)cc1. The smallest absolute Gasteiger partial charge is 0.344 e. The van der Waals surface area contributed by atoms with Crippen molar-refractivity contribution in [3.05, 3.63) is 48.5 Å². The minimum Gasteiger partial charge on any atom is -0.497 e. The van der Waals surface area contributed by atoms with E-state index in [4.69, 9.17) is 14.2 Å². The van der Waals surface area contributed by atoms with Gasteiger partial charge < -0.3 is 19.5 Å². The summed E-state index contributed by atoms with van der Waals surface area (Å²) >= 11 is 0.410. The van der Waals surface area contributed by atoms with Crippen LogP contribution in [0.15, 0.2) is 53.4 Å². The molecule has 27 heavy (non-hydrogen) atoms. The van der Waals surface area contributed by atoms with E-state index in [2.05, 4.69) is 5.32 Å². The fourth-order valence-electron chi connectivity index (χ4n) is 1.92. The van der Waals surface area contributed by atoms with E-state index >= 15 is 0 Å². The molecule has 6 nitrogen and oxygen atoms in total. The monoisotopic (exact) mass is 397 g/mol. The van der Waals surface area contributed by atoms with Gasteiger partial charge in [-0.2, -0.15) is 8.78 Å². The number of amides is 1. The van der Waals surface area contributed by atoms with E-state index in [1.807, 2.05) is 0 Å². The van der Waals surface area contributed by atoms with Crippen molar-refractivity contribution in [3.63, 3.8) is 0 Å². The average molecular weight is 397 g/mol. The number of thioether (sulfide) groups is 1. The number of halogens is 2. The summed E-state index contributed by atoms with van der Waals surface area (Å²) in [6, 6.07) is 12.5. The highest BCUT2D eigenvalue weighted by molar-refractivity contribution is 7.99. The van der Waals surface area contributed by atoms with Gasteiger partial charge in [-0.15, -0.1) is 0 Å². The topological polar surface area (TPSA) is 73.9 Å². The number of benzene rings is 2. The molecule has 0 saturated heterocycles. The molecule has 0 aliphatic heterocycles. The van der Waals surface area contributed by atoms with Crippen LogP contribution < -0.4 is 14.8 Å². The molecule has 1 N–H and O–H groups in total. The van der Waals surface area contributed by atoms with Gasteiger partial charge in [0, 0.05) is 10.6 Å². The Morgan fingerprint density at radius 3 is 2.22 bits per heavy atom. The third-order valence-electron chi connectivity index (χ3n) is 3.14. The number of nitrogens with one attached hydrogen (secondary N) is 1. The standard InChI is InChI=1S/C18H17F2NO5S/c1-24-13-4-6-14(7-5-13)25-11-17(23)26-10-16(22)21-12-2-8-15(9-3-12)27-18(19)20/h2-9,18H,10-11H2,1H3,(H,21,22). The fraction of sp³-hybridized carbons (Fsp3) is 0.222. The van der Waals surface area contributed by atoms with Gasteiger partial charge >= 0.3 is 5.97 Å². The highest BCUT2D eigenvalue weighted by atomic mass is 32.2. The summed E-state index contributed by atoms with van der Waals surface area (Å²) in [5.74, 6) is -2.65. The van der Waals surface area contributed by atoms with Gasteiger partial charge in [-0.05, 0) is 48.5 Å². The minimum atomic E-state index is -2.51. The first kappa shape index (κ1) is 20.5. The number of hydrogen-bond donors (Lipinski definition) is 1. The minimum absolute atomic E-state index is 0.348. The van der Waals surface area contributed by atoms with Crippen molar-refractivity contribution >= 4 is 29.3 Å². The van der Waals surface area contributed by atoms with Crippen molar-refractivity contribution in [2.45, 2.75) is 10.7 Å². The van der Waals surface area contributed by atoms with E-state index in [9.17, 15) is 18.4 Å². The van der Waals surface area contributed by atoms with Crippen LogP contribution >= 0.6 is 11.8 Å². The summed E-state index contributed by atoms with van der Waals surface area (Å²) in [6.45, 7) is -0.836. The van der Waals surface area contributed by atoms with Crippen molar-refractivity contribution in [1.82, 2.24) is 0 Å². The normalized spacial score (nSPS) is 10.4. The lowest BCUT2D eigenvalue weighted by Gasteiger charge is -2.09. The highest BCUT2D eigenvalue weighted by Gasteiger charge is 2.10. The molecule has 0 aromatic heterocycles. The summed E-state index contributed by atoms with van der Waals surface area (Å²) in [5, 5.41) is 2.50. The Morgan fingerprint density at radius 1 is 1.00 bits per heavy atom. The number of esters is 1. The predicted octanol–water partition coefficient (Wildman–Crippen LogP) is 3.57. The highest BCUT2D eigenvalue weighted by Crippen LogP contribution is 2.26. The second kappa shape index (κ2) is 10.4. The summed E-state index contributed by atoms with van der Waals surface area (Å²) in [7, 11) is 1.54. The predicted molar refractivity (Wildman–Crippen MR) is 96.4 cm³/mol. The fourth-order valence-corrected chi connectivity index (χ4v) is 2.42. The molecular formula is C18H17F2NO5S. The van der Waals surface area contributed by atoms with Gasteiger partial charge in [0.1, 0.15) is 11.5 Å². The zero-order valence-corrected chi connectivity index (χ0v) is 15.1. The molecule has 0 fully saturated rings. The number of carbonyl (C=O) groups is 2. The molecule has 9 heteroatoms. The van der Waals surface area contributed by atoms with Gasteiger partial charge in [-0.3, -0.25) is 4.79 Å². The molecule has 0 bridgehead atoms. The Morgan fingerprint density at radius 2 is 1.63 bits per heavy atom. The molecule has 0 atom stereocenters. The van der Waals surface area contributed by atoms with E-state index in [0.717, 1.165) is 0 Å². The number of alkyl halides is 2.